The molecule has 0 spiro atoms. The molecule has 1 rings (SSSR count). The van der Waals surface area contributed by atoms with Crippen LogP contribution in [-0.2, 0) is 6.42 Å². The SMILES string of the molecule is CCCCCCCCc1ccc(NCCN(CC)CC)cc1. The van der Waals surface area contributed by atoms with Crippen molar-refractivity contribution in [2.24, 2.45) is 0 Å². The van der Waals surface area contributed by atoms with Crippen LogP contribution >= 0.6 is 0 Å². The molecule has 2 nitrogen and oxygen atoms in total. The van der Waals surface area contributed by atoms with Gasteiger partial charge in [0, 0.05) is 18.8 Å². The van der Waals surface area contributed by atoms with Crippen LogP contribution in [0.4, 0.5) is 5.69 Å². The molecule has 0 bridgehead atoms. The number of anilines is 1. The minimum atomic E-state index is 1.03. The van der Waals surface area contributed by atoms with Gasteiger partial charge in [-0.2, -0.15) is 0 Å². The summed E-state index contributed by atoms with van der Waals surface area (Å²) in [4.78, 5) is 2.44. The fourth-order valence-corrected chi connectivity index (χ4v) is 2.80. The van der Waals surface area contributed by atoms with E-state index in [2.05, 4.69) is 55.3 Å². The monoisotopic (exact) mass is 304 g/mol. The van der Waals surface area contributed by atoms with Gasteiger partial charge in [-0.3, -0.25) is 0 Å². The number of unbranched alkanes of at least 4 members (excludes halogenated alkanes) is 5. The van der Waals surface area contributed by atoms with Crippen molar-refractivity contribution < 1.29 is 0 Å². The third kappa shape index (κ3) is 8.43. The zero-order valence-electron chi connectivity index (χ0n) is 15.0. The number of rotatable bonds is 13. The number of benzene rings is 1. The Morgan fingerprint density at radius 2 is 1.45 bits per heavy atom. The van der Waals surface area contributed by atoms with Crippen LogP contribution in [0.2, 0.25) is 0 Å². The third-order valence-corrected chi connectivity index (χ3v) is 4.42. The first-order valence-corrected chi connectivity index (χ1v) is 9.35. The van der Waals surface area contributed by atoms with Crippen molar-refractivity contribution in [1.29, 1.82) is 0 Å². The van der Waals surface area contributed by atoms with Gasteiger partial charge < -0.3 is 10.2 Å². The summed E-state index contributed by atoms with van der Waals surface area (Å²) in [7, 11) is 0. The second kappa shape index (κ2) is 12.5. The molecule has 1 N–H and O–H groups in total. The average Bonchev–Trinajstić information content (AvgIpc) is 2.56. The van der Waals surface area contributed by atoms with Crippen LogP contribution in [-0.4, -0.2) is 31.1 Å². The van der Waals surface area contributed by atoms with E-state index in [0.717, 1.165) is 26.2 Å². The molecule has 0 atom stereocenters. The highest BCUT2D eigenvalue weighted by molar-refractivity contribution is 5.44. The second-order valence-corrected chi connectivity index (χ2v) is 6.17. The van der Waals surface area contributed by atoms with Crippen LogP contribution in [0.5, 0.6) is 0 Å². The van der Waals surface area contributed by atoms with Crippen molar-refractivity contribution in [3.05, 3.63) is 29.8 Å². The van der Waals surface area contributed by atoms with Crippen molar-refractivity contribution in [3.63, 3.8) is 0 Å². The number of likely N-dealkylation sites (N-methyl/N-ethyl adjacent to an activating group) is 1. The van der Waals surface area contributed by atoms with E-state index in [-0.39, 0.29) is 0 Å². The highest BCUT2D eigenvalue weighted by atomic mass is 15.1. The molecule has 0 heterocycles. The minimum Gasteiger partial charge on any atom is -0.384 e. The Bertz CT molecular complexity index is 354. The van der Waals surface area contributed by atoms with Gasteiger partial charge in [0.2, 0.25) is 0 Å². The molecule has 0 amide bonds. The molecule has 0 aliphatic carbocycles. The average molecular weight is 305 g/mol. The summed E-state index contributed by atoms with van der Waals surface area (Å²) in [5, 5.41) is 3.52. The first-order valence-electron chi connectivity index (χ1n) is 9.35. The van der Waals surface area contributed by atoms with Gasteiger partial charge in [-0.25, -0.2) is 0 Å². The quantitative estimate of drug-likeness (QED) is 0.495. The summed E-state index contributed by atoms with van der Waals surface area (Å²) in [6.07, 6.45) is 9.48. The van der Waals surface area contributed by atoms with Crippen molar-refractivity contribution >= 4 is 5.69 Å². The fraction of sp³-hybridized carbons (Fsp3) is 0.700. The van der Waals surface area contributed by atoms with Gasteiger partial charge in [0.05, 0.1) is 0 Å². The molecule has 0 aromatic heterocycles. The lowest BCUT2D eigenvalue weighted by atomic mass is 10.0. The van der Waals surface area contributed by atoms with E-state index in [1.807, 2.05) is 0 Å². The standard InChI is InChI=1S/C20H36N2/c1-4-7-8-9-10-11-12-19-13-15-20(16-14-19)21-17-18-22(5-2)6-3/h13-16,21H,4-12,17-18H2,1-3H3. The highest BCUT2D eigenvalue weighted by Crippen LogP contribution is 2.13. The maximum absolute atomic E-state index is 3.52. The Kier molecular flexibility index (Phi) is 10.8. The normalized spacial score (nSPS) is 11.1. The molecule has 0 aliphatic heterocycles. The van der Waals surface area contributed by atoms with E-state index in [1.165, 1.54) is 56.2 Å². The Labute approximate surface area is 138 Å². The smallest absolute Gasteiger partial charge is 0.0340 e. The Morgan fingerprint density at radius 3 is 2.09 bits per heavy atom. The molecule has 0 aliphatic rings. The van der Waals surface area contributed by atoms with Gasteiger partial charge in [0.15, 0.2) is 0 Å². The van der Waals surface area contributed by atoms with Gasteiger partial charge in [-0.15, -0.1) is 0 Å². The van der Waals surface area contributed by atoms with Gasteiger partial charge in [-0.05, 0) is 43.6 Å². The molecular weight excluding hydrogens is 268 g/mol. The van der Waals surface area contributed by atoms with Crippen LogP contribution in [0.15, 0.2) is 24.3 Å². The van der Waals surface area contributed by atoms with E-state index in [0.29, 0.717) is 0 Å². The van der Waals surface area contributed by atoms with E-state index >= 15 is 0 Å². The number of nitrogens with zero attached hydrogens (tertiary/aromatic N) is 1. The van der Waals surface area contributed by atoms with E-state index in [1.54, 1.807) is 0 Å². The molecule has 0 unspecified atom stereocenters. The molecule has 1 aromatic carbocycles. The predicted molar refractivity (Wildman–Crippen MR) is 99.8 cm³/mol. The molecule has 22 heavy (non-hydrogen) atoms. The van der Waals surface area contributed by atoms with Crippen LogP contribution in [0, 0.1) is 0 Å². The third-order valence-electron chi connectivity index (χ3n) is 4.42. The van der Waals surface area contributed by atoms with Gasteiger partial charge in [-0.1, -0.05) is 65.0 Å². The topological polar surface area (TPSA) is 15.3 Å². The summed E-state index contributed by atoms with van der Waals surface area (Å²) in [6.45, 7) is 11.1. The summed E-state index contributed by atoms with van der Waals surface area (Å²) >= 11 is 0. The first-order chi connectivity index (χ1) is 10.8. The Hall–Kier alpha value is -1.02. The molecular formula is C20H36N2. The van der Waals surface area contributed by atoms with E-state index < -0.39 is 0 Å². The van der Waals surface area contributed by atoms with Crippen molar-refractivity contribution in [2.45, 2.75) is 65.7 Å². The van der Waals surface area contributed by atoms with Crippen LogP contribution < -0.4 is 5.32 Å². The van der Waals surface area contributed by atoms with Crippen LogP contribution in [0.3, 0.4) is 0 Å². The molecule has 2 heteroatoms. The van der Waals surface area contributed by atoms with Crippen molar-refractivity contribution in [1.82, 2.24) is 4.90 Å². The largest absolute Gasteiger partial charge is 0.384 e. The molecule has 0 saturated heterocycles. The minimum absolute atomic E-state index is 1.03. The van der Waals surface area contributed by atoms with Crippen LogP contribution in [0.25, 0.3) is 0 Å². The number of hydrogen-bond acceptors (Lipinski definition) is 2. The molecule has 1 aromatic rings. The van der Waals surface area contributed by atoms with Gasteiger partial charge >= 0.3 is 0 Å². The number of aryl methyl sites for hydroxylation is 1. The summed E-state index contributed by atoms with van der Waals surface area (Å²) in [6, 6.07) is 9.03. The lowest BCUT2D eigenvalue weighted by Crippen LogP contribution is -2.28. The second-order valence-electron chi connectivity index (χ2n) is 6.17. The van der Waals surface area contributed by atoms with Gasteiger partial charge in [0.1, 0.15) is 0 Å². The van der Waals surface area contributed by atoms with E-state index in [9.17, 15) is 0 Å². The Balaban J connectivity index is 2.17. The fourth-order valence-electron chi connectivity index (χ4n) is 2.80. The maximum atomic E-state index is 3.52. The molecule has 126 valence electrons. The maximum Gasteiger partial charge on any atom is 0.0340 e. The lowest BCUT2D eigenvalue weighted by Gasteiger charge is -2.18. The lowest BCUT2D eigenvalue weighted by molar-refractivity contribution is 0.316. The molecule has 0 radical (unpaired) electrons. The Morgan fingerprint density at radius 1 is 0.818 bits per heavy atom. The zero-order valence-corrected chi connectivity index (χ0v) is 15.0. The molecule has 0 saturated carbocycles. The molecule has 0 fully saturated rings. The zero-order chi connectivity index (χ0) is 16.0. The number of hydrogen-bond donors (Lipinski definition) is 1. The van der Waals surface area contributed by atoms with Crippen molar-refractivity contribution in [3.8, 4) is 0 Å². The summed E-state index contributed by atoms with van der Waals surface area (Å²) < 4.78 is 0. The number of nitrogens with one attached hydrogen (secondary N) is 1. The van der Waals surface area contributed by atoms with Crippen LogP contribution in [0.1, 0.15) is 64.9 Å². The summed E-state index contributed by atoms with van der Waals surface area (Å²) in [5.74, 6) is 0. The van der Waals surface area contributed by atoms with Crippen molar-refractivity contribution in [2.75, 3.05) is 31.5 Å². The highest BCUT2D eigenvalue weighted by Gasteiger charge is 1.99. The predicted octanol–water partition coefficient (Wildman–Crippen LogP) is 5.34. The van der Waals surface area contributed by atoms with Gasteiger partial charge in [0.25, 0.3) is 0 Å². The first kappa shape index (κ1) is 19.0. The van der Waals surface area contributed by atoms with E-state index in [4.69, 9.17) is 0 Å². The summed E-state index contributed by atoms with van der Waals surface area (Å²) in [5.41, 5.74) is 2.73.